The standard InChI is InChI=1S/C16H24N4O2/c21-15(4-9-20-8-3-5-17-20)19-12-16(13-19)10-14(11-22-16)18-6-1-2-7-18/h3,5,8,14H,1-2,4,6-7,9-13H2. The Labute approximate surface area is 131 Å². The van der Waals surface area contributed by atoms with Gasteiger partial charge in [0.05, 0.1) is 19.7 Å². The van der Waals surface area contributed by atoms with Crippen molar-refractivity contribution in [1.29, 1.82) is 0 Å². The van der Waals surface area contributed by atoms with Crippen molar-refractivity contribution in [3.63, 3.8) is 0 Å². The molecule has 0 aromatic carbocycles. The molecule has 3 fully saturated rings. The zero-order valence-electron chi connectivity index (χ0n) is 13.0. The molecule has 1 atom stereocenters. The quantitative estimate of drug-likeness (QED) is 0.823. The maximum atomic E-state index is 12.2. The van der Waals surface area contributed by atoms with Crippen LogP contribution >= 0.6 is 0 Å². The smallest absolute Gasteiger partial charge is 0.224 e. The van der Waals surface area contributed by atoms with Crippen LogP contribution in [0.25, 0.3) is 0 Å². The lowest BCUT2D eigenvalue weighted by atomic mass is 9.89. The first kappa shape index (κ1) is 14.2. The van der Waals surface area contributed by atoms with E-state index in [1.165, 1.54) is 25.9 Å². The van der Waals surface area contributed by atoms with Crippen LogP contribution in [0, 0.1) is 0 Å². The summed E-state index contributed by atoms with van der Waals surface area (Å²) in [6.45, 7) is 5.49. The molecule has 4 rings (SSSR count). The van der Waals surface area contributed by atoms with E-state index in [9.17, 15) is 4.79 Å². The van der Waals surface area contributed by atoms with Crippen molar-refractivity contribution >= 4 is 5.91 Å². The van der Waals surface area contributed by atoms with Crippen molar-refractivity contribution in [2.24, 2.45) is 0 Å². The van der Waals surface area contributed by atoms with Gasteiger partial charge in [-0.15, -0.1) is 0 Å². The highest BCUT2D eigenvalue weighted by atomic mass is 16.5. The van der Waals surface area contributed by atoms with Gasteiger partial charge in [0.15, 0.2) is 0 Å². The molecule has 4 heterocycles. The fourth-order valence-corrected chi connectivity index (χ4v) is 4.01. The largest absolute Gasteiger partial charge is 0.370 e. The van der Waals surface area contributed by atoms with Crippen molar-refractivity contribution in [1.82, 2.24) is 19.6 Å². The number of aromatic nitrogens is 2. The van der Waals surface area contributed by atoms with Crippen molar-refractivity contribution in [2.45, 2.75) is 43.9 Å². The molecule has 22 heavy (non-hydrogen) atoms. The van der Waals surface area contributed by atoms with Crippen molar-refractivity contribution in [2.75, 3.05) is 32.8 Å². The molecular formula is C16H24N4O2. The third-order valence-electron chi connectivity index (χ3n) is 5.27. The highest BCUT2D eigenvalue weighted by molar-refractivity contribution is 5.77. The highest BCUT2D eigenvalue weighted by Crippen LogP contribution is 2.37. The SMILES string of the molecule is O=C(CCn1cccn1)N1CC2(CC(N3CCCC3)CO2)C1. The zero-order valence-corrected chi connectivity index (χ0v) is 13.0. The van der Waals surface area contributed by atoms with Gasteiger partial charge in [0, 0.05) is 31.4 Å². The molecule has 0 aliphatic carbocycles. The van der Waals surface area contributed by atoms with Gasteiger partial charge in [-0.25, -0.2) is 0 Å². The van der Waals surface area contributed by atoms with Crippen LogP contribution in [0.3, 0.4) is 0 Å². The number of amides is 1. The van der Waals surface area contributed by atoms with Gasteiger partial charge in [0.1, 0.15) is 5.60 Å². The summed E-state index contributed by atoms with van der Waals surface area (Å²) in [6.07, 6.45) is 7.89. The van der Waals surface area contributed by atoms with Crippen LogP contribution in [-0.4, -0.2) is 69.9 Å². The maximum Gasteiger partial charge on any atom is 0.224 e. The minimum atomic E-state index is -0.0470. The molecule has 0 radical (unpaired) electrons. The van der Waals surface area contributed by atoms with Gasteiger partial charge in [0.2, 0.25) is 5.91 Å². The predicted molar refractivity (Wildman–Crippen MR) is 81.3 cm³/mol. The summed E-state index contributed by atoms with van der Waals surface area (Å²) >= 11 is 0. The average Bonchev–Trinajstić information content (AvgIpc) is 3.22. The molecule has 0 N–H and O–H groups in total. The lowest BCUT2D eigenvalue weighted by Crippen LogP contribution is -2.63. The van der Waals surface area contributed by atoms with Crippen molar-refractivity contribution in [3.8, 4) is 0 Å². The highest BCUT2D eigenvalue weighted by Gasteiger charge is 2.52. The summed E-state index contributed by atoms with van der Waals surface area (Å²) in [7, 11) is 0. The molecule has 1 aromatic heterocycles. The second kappa shape index (κ2) is 5.66. The third kappa shape index (κ3) is 2.65. The summed E-state index contributed by atoms with van der Waals surface area (Å²) in [5.41, 5.74) is -0.0470. The van der Waals surface area contributed by atoms with Gasteiger partial charge in [0.25, 0.3) is 0 Å². The van der Waals surface area contributed by atoms with Crippen LogP contribution in [0.15, 0.2) is 18.5 Å². The summed E-state index contributed by atoms with van der Waals surface area (Å²) in [4.78, 5) is 16.7. The number of hydrogen-bond donors (Lipinski definition) is 0. The van der Waals surface area contributed by atoms with E-state index in [4.69, 9.17) is 4.74 Å². The molecule has 0 bridgehead atoms. The van der Waals surface area contributed by atoms with E-state index >= 15 is 0 Å². The molecule has 1 aromatic rings. The van der Waals surface area contributed by atoms with Crippen molar-refractivity contribution in [3.05, 3.63) is 18.5 Å². The number of carbonyl (C=O) groups is 1. The van der Waals surface area contributed by atoms with E-state index in [1.54, 1.807) is 6.20 Å². The van der Waals surface area contributed by atoms with E-state index in [1.807, 2.05) is 21.8 Å². The topological polar surface area (TPSA) is 50.6 Å². The van der Waals surface area contributed by atoms with Gasteiger partial charge in [-0.05, 0) is 38.4 Å². The Bertz CT molecular complexity index is 518. The Kier molecular flexibility index (Phi) is 3.66. The number of aryl methyl sites for hydroxylation is 1. The van der Waals surface area contributed by atoms with Gasteiger partial charge < -0.3 is 9.64 Å². The van der Waals surface area contributed by atoms with Crippen LogP contribution in [-0.2, 0) is 16.1 Å². The fraction of sp³-hybridized carbons (Fsp3) is 0.750. The molecule has 0 saturated carbocycles. The summed E-state index contributed by atoms with van der Waals surface area (Å²) < 4.78 is 7.89. The maximum absolute atomic E-state index is 12.2. The Hall–Kier alpha value is -1.40. The number of rotatable bonds is 4. The van der Waals surface area contributed by atoms with Gasteiger partial charge in [-0.3, -0.25) is 14.4 Å². The molecule has 1 amide bonds. The number of ether oxygens (including phenoxy) is 1. The van der Waals surface area contributed by atoms with E-state index in [0.29, 0.717) is 19.0 Å². The summed E-state index contributed by atoms with van der Waals surface area (Å²) in [5, 5.41) is 4.13. The number of likely N-dealkylation sites (tertiary alicyclic amines) is 2. The molecule has 3 aliphatic heterocycles. The normalized spacial score (nSPS) is 27.5. The van der Waals surface area contributed by atoms with E-state index in [2.05, 4.69) is 10.00 Å². The average molecular weight is 304 g/mol. The fourth-order valence-electron chi connectivity index (χ4n) is 4.01. The Morgan fingerprint density at radius 2 is 2.14 bits per heavy atom. The number of nitrogens with zero attached hydrogens (tertiary/aromatic N) is 4. The summed E-state index contributed by atoms with van der Waals surface area (Å²) in [5.74, 6) is 0.217. The van der Waals surface area contributed by atoms with Crippen LogP contribution in [0.4, 0.5) is 0 Å². The minimum Gasteiger partial charge on any atom is -0.370 e. The first-order chi connectivity index (χ1) is 10.7. The summed E-state index contributed by atoms with van der Waals surface area (Å²) in [6, 6.07) is 2.46. The van der Waals surface area contributed by atoms with Crippen LogP contribution < -0.4 is 0 Å². The van der Waals surface area contributed by atoms with Crippen molar-refractivity contribution < 1.29 is 9.53 Å². The van der Waals surface area contributed by atoms with Crippen LogP contribution in [0.1, 0.15) is 25.7 Å². The van der Waals surface area contributed by atoms with Gasteiger partial charge >= 0.3 is 0 Å². The van der Waals surface area contributed by atoms with Gasteiger partial charge in [-0.2, -0.15) is 5.10 Å². The van der Waals surface area contributed by atoms with E-state index in [0.717, 1.165) is 26.1 Å². The monoisotopic (exact) mass is 304 g/mol. The predicted octanol–water partition coefficient (Wildman–Crippen LogP) is 0.739. The molecule has 120 valence electrons. The molecule has 6 heteroatoms. The molecular weight excluding hydrogens is 280 g/mol. The zero-order chi connectivity index (χ0) is 15.0. The van der Waals surface area contributed by atoms with E-state index in [-0.39, 0.29) is 11.5 Å². The lowest BCUT2D eigenvalue weighted by Gasteiger charge is -2.47. The van der Waals surface area contributed by atoms with Crippen LogP contribution in [0.2, 0.25) is 0 Å². The second-order valence-corrected chi connectivity index (χ2v) is 6.86. The Morgan fingerprint density at radius 1 is 1.32 bits per heavy atom. The first-order valence-corrected chi connectivity index (χ1v) is 8.37. The second-order valence-electron chi connectivity index (χ2n) is 6.86. The van der Waals surface area contributed by atoms with Gasteiger partial charge in [-0.1, -0.05) is 0 Å². The molecule has 1 spiro atoms. The molecule has 3 saturated heterocycles. The first-order valence-electron chi connectivity index (χ1n) is 8.37. The Morgan fingerprint density at radius 3 is 2.86 bits per heavy atom. The molecule has 6 nitrogen and oxygen atoms in total. The van der Waals surface area contributed by atoms with Crippen LogP contribution in [0.5, 0.6) is 0 Å². The number of hydrogen-bond acceptors (Lipinski definition) is 4. The number of carbonyl (C=O) groups excluding carboxylic acids is 1. The van der Waals surface area contributed by atoms with E-state index < -0.39 is 0 Å². The minimum absolute atomic E-state index is 0.0470. The molecule has 1 unspecified atom stereocenters. The lowest BCUT2D eigenvalue weighted by molar-refractivity contribution is -0.158. The Balaban J connectivity index is 1.24. The third-order valence-corrected chi connectivity index (χ3v) is 5.27. The molecule has 3 aliphatic rings.